The first-order chi connectivity index (χ1) is 9.14. The van der Waals surface area contributed by atoms with E-state index in [4.69, 9.17) is 10.6 Å². The topological polar surface area (TPSA) is 47.3 Å². The lowest BCUT2D eigenvalue weighted by molar-refractivity contribution is -0.0703. The smallest absolute Gasteiger partial charge is 0.131 e. The van der Waals surface area contributed by atoms with E-state index in [1.165, 1.54) is 18.2 Å². The Labute approximate surface area is 112 Å². The maximum Gasteiger partial charge on any atom is 0.131 e. The van der Waals surface area contributed by atoms with Crippen molar-refractivity contribution in [2.45, 2.75) is 43.7 Å². The Hall–Kier alpha value is -1.04. The molecule has 1 aliphatic carbocycles. The van der Waals surface area contributed by atoms with Crippen LogP contribution >= 0.6 is 0 Å². The molecule has 0 amide bonds. The minimum atomic E-state index is -0.681. The first-order valence-corrected chi connectivity index (χ1v) is 6.60. The first kappa shape index (κ1) is 14.4. The summed E-state index contributed by atoms with van der Waals surface area (Å²) in [6, 6.07) is 3.16. The van der Waals surface area contributed by atoms with Gasteiger partial charge in [-0.05, 0) is 25.0 Å². The second-order valence-electron chi connectivity index (χ2n) is 5.06. The van der Waals surface area contributed by atoms with Crippen molar-refractivity contribution < 1.29 is 13.5 Å². The number of nitrogens with two attached hydrogens (primary N) is 1. The quantitative estimate of drug-likeness (QED) is 0.653. The van der Waals surface area contributed by atoms with E-state index in [1.807, 2.05) is 0 Å². The summed E-state index contributed by atoms with van der Waals surface area (Å²) in [5, 5.41) is 0. The zero-order valence-corrected chi connectivity index (χ0v) is 11.1. The van der Waals surface area contributed by atoms with Crippen molar-refractivity contribution in [2.75, 3.05) is 7.11 Å². The molecule has 1 aliphatic rings. The van der Waals surface area contributed by atoms with Gasteiger partial charge in [0.15, 0.2) is 0 Å². The van der Waals surface area contributed by atoms with Crippen LogP contribution in [-0.4, -0.2) is 12.7 Å². The van der Waals surface area contributed by atoms with E-state index >= 15 is 0 Å². The van der Waals surface area contributed by atoms with E-state index in [1.54, 1.807) is 7.11 Å². The van der Waals surface area contributed by atoms with Crippen molar-refractivity contribution in [2.24, 2.45) is 5.84 Å². The average molecular weight is 270 g/mol. The number of hydrazine groups is 1. The molecule has 0 radical (unpaired) electrons. The minimum absolute atomic E-state index is 0.0336. The van der Waals surface area contributed by atoms with E-state index in [-0.39, 0.29) is 5.56 Å². The zero-order chi connectivity index (χ0) is 13.9. The molecule has 1 fully saturated rings. The SMILES string of the molecule is COC1(C(NN)c2c(F)cccc2F)CCCCC1. The number of benzene rings is 1. The van der Waals surface area contributed by atoms with Crippen molar-refractivity contribution >= 4 is 0 Å². The van der Waals surface area contributed by atoms with Gasteiger partial charge in [-0.25, -0.2) is 14.2 Å². The second-order valence-corrected chi connectivity index (χ2v) is 5.06. The highest BCUT2D eigenvalue weighted by molar-refractivity contribution is 5.26. The molecule has 1 aromatic carbocycles. The van der Waals surface area contributed by atoms with E-state index in [2.05, 4.69) is 5.43 Å². The summed E-state index contributed by atoms with van der Waals surface area (Å²) in [5.74, 6) is 4.39. The van der Waals surface area contributed by atoms with Gasteiger partial charge in [0.25, 0.3) is 0 Å². The largest absolute Gasteiger partial charge is 0.376 e. The third kappa shape index (κ3) is 2.63. The van der Waals surface area contributed by atoms with Crippen LogP contribution < -0.4 is 11.3 Å². The van der Waals surface area contributed by atoms with Crippen LogP contribution in [0.2, 0.25) is 0 Å². The summed E-state index contributed by atoms with van der Waals surface area (Å²) in [6.45, 7) is 0. The summed E-state index contributed by atoms with van der Waals surface area (Å²) in [5.41, 5.74) is 1.88. The van der Waals surface area contributed by atoms with Crippen LogP contribution in [-0.2, 0) is 4.74 Å². The fraction of sp³-hybridized carbons (Fsp3) is 0.571. The third-order valence-electron chi connectivity index (χ3n) is 4.09. The molecule has 106 valence electrons. The molecule has 0 aliphatic heterocycles. The monoisotopic (exact) mass is 270 g/mol. The van der Waals surface area contributed by atoms with Crippen molar-refractivity contribution in [3.05, 3.63) is 35.4 Å². The van der Waals surface area contributed by atoms with Crippen LogP contribution in [0.25, 0.3) is 0 Å². The number of hydrogen-bond acceptors (Lipinski definition) is 3. The molecular formula is C14H20F2N2O. The molecule has 1 saturated carbocycles. The first-order valence-electron chi connectivity index (χ1n) is 6.60. The van der Waals surface area contributed by atoms with Gasteiger partial charge in [0.05, 0.1) is 11.6 Å². The van der Waals surface area contributed by atoms with Crippen molar-refractivity contribution in [1.82, 2.24) is 5.43 Å². The van der Waals surface area contributed by atoms with Crippen LogP contribution in [0, 0.1) is 11.6 Å². The van der Waals surface area contributed by atoms with Crippen LogP contribution in [0.5, 0.6) is 0 Å². The molecule has 1 aromatic rings. The lowest BCUT2D eigenvalue weighted by Crippen LogP contribution is -2.49. The molecule has 19 heavy (non-hydrogen) atoms. The van der Waals surface area contributed by atoms with E-state index in [0.717, 1.165) is 32.1 Å². The van der Waals surface area contributed by atoms with Crippen LogP contribution in [0.3, 0.4) is 0 Å². The molecule has 0 saturated heterocycles. The Morgan fingerprint density at radius 2 is 1.79 bits per heavy atom. The third-order valence-corrected chi connectivity index (χ3v) is 4.09. The summed E-state index contributed by atoms with van der Waals surface area (Å²) in [7, 11) is 1.58. The van der Waals surface area contributed by atoms with Gasteiger partial charge < -0.3 is 4.74 Å². The molecule has 3 N–H and O–H groups in total. The predicted molar refractivity (Wildman–Crippen MR) is 69.2 cm³/mol. The normalized spacial score (nSPS) is 20.2. The molecule has 2 rings (SSSR count). The fourth-order valence-electron chi connectivity index (χ4n) is 3.05. The predicted octanol–water partition coefficient (Wildman–Crippen LogP) is 2.82. The highest BCUT2D eigenvalue weighted by atomic mass is 19.1. The van der Waals surface area contributed by atoms with Crippen LogP contribution in [0.4, 0.5) is 8.78 Å². The number of hydrogen-bond donors (Lipinski definition) is 2. The van der Waals surface area contributed by atoms with Gasteiger partial charge in [0.2, 0.25) is 0 Å². The number of rotatable bonds is 4. The van der Waals surface area contributed by atoms with Crippen LogP contribution in [0.1, 0.15) is 43.7 Å². The lowest BCUT2D eigenvalue weighted by atomic mass is 9.76. The summed E-state index contributed by atoms with van der Waals surface area (Å²) in [4.78, 5) is 0. The van der Waals surface area contributed by atoms with Gasteiger partial charge in [-0.1, -0.05) is 25.3 Å². The Morgan fingerprint density at radius 3 is 2.26 bits per heavy atom. The lowest BCUT2D eigenvalue weighted by Gasteiger charge is -2.42. The number of nitrogens with one attached hydrogen (secondary N) is 1. The Kier molecular flexibility index (Phi) is 4.50. The van der Waals surface area contributed by atoms with E-state index in [9.17, 15) is 8.78 Å². The molecule has 0 spiro atoms. The average Bonchev–Trinajstić information content (AvgIpc) is 2.44. The Morgan fingerprint density at radius 1 is 1.21 bits per heavy atom. The van der Waals surface area contributed by atoms with Crippen molar-refractivity contribution in [3.63, 3.8) is 0 Å². The molecule has 5 heteroatoms. The van der Waals surface area contributed by atoms with Gasteiger partial charge in [0, 0.05) is 12.7 Å². The number of methoxy groups -OCH3 is 1. The molecule has 1 unspecified atom stereocenters. The molecular weight excluding hydrogens is 250 g/mol. The molecule has 0 heterocycles. The van der Waals surface area contributed by atoms with E-state index < -0.39 is 23.3 Å². The summed E-state index contributed by atoms with van der Waals surface area (Å²) in [6.07, 6.45) is 4.55. The summed E-state index contributed by atoms with van der Waals surface area (Å²) < 4.78 is 33.5. The molecule has 1 atom stereocenters. The van der Waals surface area contributed by atoms with Gasteiger partial charge >= 0.3 is 0 Å². The van der Waals surface area contributed by atoms with Gasteiger partial charge in [-0.3, -0.25) is 5.84 Å². The van der Waals surface area contributed by atoms with Crippen LogP contribution in [0.15, 0.2) is 18.2 Å². The maximum atomic E-state index is 14.0. The number of halogens is 2. The molecule has 0 bridgehead atoms. The van der Waals surface area contributed by atoms with Crippen molar-refractivity contribution in [1.29, 1.82) is 0 Å². The van der Waals surface area contributed by atoms with Crippen molar-refractivity contribution in [3.8, 4) is 0 Å². The van der Waals surface area contributed by atoms with E-state index in [0.29, 0.717) is 0 Å². The standard InChI is InChI=1S/C14H20F2N2O/c1-19-14(8-3-2-4-9-14)13(18-17)12-10(15)6-5-7-11(12)16/h5-7,13,18H,2-4,8-9,17H2,1H3. The maximum absolute atomic E-state index is 14.0. The highest BCUT2D eigenvalue weighted by Crippen LogP contribution is 2.42. The van der Waals surface area contributed by atoms with Gasteiger partial charge in [-0.2, -0.15) is 0 Å². The molecule has 0 aromatic heterocycles. The number of ether oxygens (including phenoxy) is 1. The minimum Gasteiger partial charge on any atom is -0.376 e. The highest BCUT2D eigenvalue weighted by Gasteiger charge is 2.42. The Bertz CT molecular complexity index is 413. The Balaban J connectivity index is 2.43. The summed E-state index contributed by atoms with van der Waals surface area (Å²) >= 11 is 0. The molecule has 3 nitrogen and oxygen atoms in total. The van der Waals surface area contributed by atoms with Gasteiger partial charge in [0.1, 0.15) is 11.6 Å². The zero-order valence-electron chi connectivity index (χ0n) is 11.1. The van der Waals surface area contributed by atoms with Gasteiger partial charge in [-0.15, -0.1) is 0 Å². The fourth-order valence-corrected chi connectivity index (χ4v) is 3.05. The second kappa shape index (κ2) is 5.94.